The lowest BCUT2D eigenvalue weighted by atomic mass is 10.0. The molecule has 0 amide bonds. The minimum absolute atomic E-state index is 0.194. The molecule has 1 heterocycles. The van der Waals surface area contributed by atoms with Crippen molar-refractivity contribution < 1.29 is 13.7 Å². The molecule has 0 aromatic heterocycles. The van der Waals surface area contributed by atoms with Gasteiger partial charge < -0.3 is 4.74 Å². The molecule has 0 spiro atoms. The van der Waals surface area contributed by atoms with E-state index in [0.29, 0.717) is 13.2 Å². The highest BCUT2D eigenvalue weighted by atomic mass is 32.2. The Kier molecular flexibility index (Phi) is 4.53. The summed E-state index contributed by atoms with van der Waals surface area (Å²) in [6.07, 6.45) is 6.07. The third-order valence-corrected chi connectivity index (χ3v) is 5.42. The lowest BCUT2D eigenvalue weighted by Crippen LogP contribution is -2.30. The number of rotatable bonds is 4. The van der Waals surface area contributed by atoms with Crippen LogP contribution in [0, 0.1) is 5.92 Å². The zero-order chi connectivity index (χ0) is 11.4. The Balaban J connectivity index is 1.79. The minimum atomic E-state index is -0.962. The van der Waals surface area contributed by atoms with E-state index < -0.39 is 10.8 Å². The molecule has 1 aliphatic carbocycles. The number of ketones is 1. The van der Waals surface area contributed by atoms with Crippen molar-refractivity contribution >= 4 is 16.6 Å². The molecular formula is C12H20O3S. The largest absolute Gasteiger partial charge is 0.381 e. The van der Waals surface area contributed by atoms with Gasteiger partial charge in [0.15, 0.2) is 0 Å². The summed E-state index contributed by atoms with van der Waals surface area (Å²) in [7, 11) is -0.962. The van der Waals surface area contributed by atoms with Gasteiger partial charge in [-0.25, -0.2) is 0 Å². The van der Waals surface area contributed by atoms with Crippen molar-refractivity contribution in [2.45, 2.75) is 43.8 Å². The van der Waals surface area contributed by atoms with Crippen molar-refractivity contribution in [3.8, 4) is 0 Å². The van der Waals surface area contributed by atoms with Gasteiger partial charge >= 0.3 is 0 Å². The van der Waals surface area contributed by atoms with Gasteiger partial charge in [0, 0.05) is 35.2 Å². The van der Waals surface area contributed by atoms with E-state index in [9.17, 15) is 9.00 Å². The molecule has 16 heavy (non-hydrogen) atoms. The number of carbonyl (C=O) groups is 1. The van der Waals surface area contributed by atoms with Gasteiger partial charge in [-0.05, 0) is 25.7 Å². The summed E-state index contributed by atoms with van der Waals surface area (Å²) in [5.74, 6) is 0.737. The lowest BCUT2D eigenvalue weighted by molar-refractivity contribution is -0.120. The molecule has 92 valence electrons. The Hall–Kier alpha value is -0.220. The van der Waals surface area contributed by atoms with Gasteiger partial charge in [0.2, 0.25) is 0 Å². The molecule has 0 N–H and O–H groups in total. The highest BCUT2D eigenvalue weighted by Crippen LogP contribution is 2.26. The fraction of sp³-hybridized carbons (Fsp3) is 0.917. The van der Waals surface area contributed by atoms with Crippen molar-refractivity contribution in [2.24, 2.45) is 5.92 Å². The molecule has 1 unspecified atom stereocenters. The first-order chi connectivity index (χ1) is 7.77. The first-order valence-electron chi connectivity index (χ1n) is 6.25. The number of Topliss-reactive ketones (excluding diaryl/α,β-unsaturated/α-hetero) is 1. The van der Waals surface area contributed by atoms with Crippen LogP contribution in [-0.2, 0) is 20.3 Å². The second-order valence-corrected chi connectivity index (χ2v) is 6.50. The molecular weight excluding hydrogens is 224 g/mol. The molecule has 4 heteroatoms. The van der Waals surface area contributed by atoms with Gasteiger partial charge in [0.05, 0.1) is 5.75 Å². The summed E-state index contributed by atoms with van der Waals surface area (Å²) in [6, 6.07) is 0. The zero-order valence-electron chi connectivity index (χ0n) is 9.65. The molecule has 1 saturated heterocycles. The molecule has 3 nitrogen and oxygen atoms in total. The normalized spacial score (nSPS) is 25.8. The molecule has 1 saturated carbocycles. The van der Waals surface area contributed by atoms with Crippen molar-refractivity contribution in [1.29, 1.82) is 0 Å². The second-order valence-electron chi connectivity index (χ2n) is 4.78. The predicted octanol–water partition coefficient (Wildman–Crippen LogP) is 1.67. The van der Waals surface area contributed by atoms with Crippen LogP contribution in [0.15, 0.2) is 0 Å². The van der Waals surface area contributed by atoms with Gasteiger partial charge in [-0.2, -0.15) is 0 Å². The monoisotopic (exact) mass is 244 g/mol. The van der Waals surface area contributed by atoms with Crippen molar-refractivity contribution in [2.75, 3.05) is 19.0 Å². The highest BCUT2D eigenvalue weighted by molar-refractivity contribution is 7.86. The van der Waals surface area contributed by atoms with E-state index in [1.807, 2.05) is 0 Å². The molecule has 0 radical (unpaired) electrons. The molecule has 2 rings (SSSR count). The number of carbonyl (C=O) groups excluding carboxylic acids is 1. The van der Waals surface area contributed by atoms with Gasteiger partial charge in [-0.1, -0.05) is 12.8 Å². The average molecular weight is 244 g/mol. The summed E-state index contributed by atoms with van der Waals surface area (Å²) in [6.45, 7) is 1.40. The average Bonchev–Trinajstić information content (AvgIpc) is 2.83. The standard InChI is InChI=1S/C12H20O3S/c13-12(10-3-1-2-4-10)9-16(14)11-5-7-15-8-6-11/h10-11H,1-9H2. The van der Waals surface area contributed by atoms with E-state index in [-0.39, 0.29) is 22.7 Å². The summed E-state index contributed by atoms with van der Waals surface area (Å²) in [5, 5.41) is 0.194. The first-order valence-corrected chi connectivity index (χ1v) is 7.63. The Morgan fingerprint density at radius 1 is 1.12 bits per heavy atom. The summed E-state index contributed by atoms with van der Waals surface area (Å²) < 4.78 is 17.2. The van der Waals surface area contributed by atoms with Gasteiger partial charge in [-0.3, -0.25) is 9.00 Å². The van der Waals surface area contributed by atoms with Crippen LogP contribution < -0.4 is 0 Å². The third kappa shape index (κ3) is 3.14. The van der Waals surface area contributed by atoms with Gasteiger partial charge in [0.25, 0.3) is 0 Å². The first kappa shape index (κ1) is 12.2. The fourth-order valence-corrected chi connectivity index (χ4v) is 4.03. The van der Waals surface area contributed by atoms with E-state index in [2.05, 4.69) is 0 Å². The Morgan fingerprint density at radius 3 is 2.38 bits per heavy atom. The van der Waals surface area contributed by atoms with E-state index >= 15 is 0 Å². The molecule has 0 aromatic rings. The lowest BCUT2D eigenvalue weighted by Gasteiger charge is -2.21. The Morgan fingerprint density at radius 2 is 1.75 bits per heavy atom. The number of hydrogen-bond acceptors (Lipinski definition) is 3. The van der Waals surface area contributed by atoms with Crippen LogP contribution in [0.2, 0.25) is 0 Å². The molecule has 0 bridgehead atoms. The van der Waals surface area contributed by atoms with Crippen molar-refractivity contribution in [3.63, 3.8) is 0 Å². The Labute approximate surface area is 99.4 Å². The van der Waals surface area contributed by atoms with Crippen LogP contribution in [0.25, 0.3) is 0 Å². The Bertz CT molecular complexity index is 265. The predicted molar refractivity (Wildman–Crippen MR) is 63.8 cm³/mol. The molecule has 0 aromatic carbocycles. The summed E-state index contributed by atoms with van der Waals surface area (Å²) in [5.41, 5.74) is 0. The molecule has 2 aliphatic rings. The van der Waals surface area contributed by atoms with E-state index in [4.69, 9.17) is 4.74 Å². The minimum Gasteiger partial charge on any atom is -0.381 e. The van der Waals surface area contributed by atoms with E-state index in [1.165, 1.54) is 12.8 Å². The molecule has 1 aliphatic heterocycles. The molecule has 1 atom stereocenters. The third-order valence-electron chi connectivity index (χ3n) is 3.64. The number of ether oxygens (including phenoxy) is 1. The van der Waals surface area contributed by atoms with Crippen molar-refractivity contribution in [3.05, 3.63) is 0 Å². The van der Waals surface area contributed by atoms with Crippen LogP contribution >= 0.6 is 0 Å². The van der Waals surface area contributed by atoms with Crippen molar-refractivity contribution in [1.82, 2.24) is 0 Å². The zero-order valence-corrected chi connectivity index (χ0v) is 10.5. The van der Waals surface area contributed by atoms with Crippen LogP contribution in [0.5, 0.6) is 0 Å². The maximum Gasteiger partial charge on any atom is 0.148 e. The second kappa shape index (κ2) is 5.92. The summed E-state index contributed by atoms with van der Waals surface area (Å²) >= 11 is 0. The smallest absolute Gasteiger partial charge is 0.148 e. The van der Waals surface area contributed by atoms with E-state index in [0.717, 1.165) is 25.7 Å². The highest BCUT2D eigenvalue weighted by Gasteiger charge is 2.27. The fourth-order valence-electron chi connectivity index (χ4n) is 2.56. The summed E-state index contributed by atoms with van der Waals surface area (Å²) in [4.78, 5) is 11.9. The SMILES string of the molecule is O=C(CS(=O)C1CCOCC1)C1CCCC1. The maximum absolute atomic E-state index is 12.0. The molecule has 2 fully saturated rings. The quantitative estimate of drug-likeness (QED) is 0.755. The van der Waals surface area contributed by atoms with Crippen LogP contribution in [0.4, 0.5) is 0 Å². The van der Waals surface area contributed by atoms with Gasteiger partial charge in [-0.15, -0.1) is 0 Å². The topological polar surface area (TPSA) is 43.4 Å². The van der Waals surface area contributed by atoms with Gasteiger partial charge in [0.1, 0.15) is 5.78 Å². The van der Waals surface area contributed by atoms with Crippen LogP contribution in [-0.4, -0.2) is 34.2 Å². The maximum atomic E-state index is 12.0. The number of hydrogen-bond donors (Lipinski definition) is 0. The van der Waals surface area contributed by atoms with Crippen LogP contribution in [0.1, 0.15) is 38.5 Å². The van der Waals surface area contributed by atoms with E-state index in [1.54, 1.807) is 0 Å². The van der Waals surface area contributed by atoms with Crippen LogP contribution in [0.3, 0.4) is 0 Å².